The predicted molar refractivity (Wildman–Crippen MR) is 74.8 cm³/mol. The number of allylic oxidation sites excluding steroid dienone is 2. The second-order valence-electron chi connectivity index (χ2n) is 4.81. The molecule has 2 aliphatic rings. The molecular weight excluding hydrogens is 248 g/mol. The minimum Gasteiger partial charge on any atom is -0.473 e. The third-order valence-electron chi connectivity index (χ3n) is 3.78. The molecule has 0 N–H and O–H groups in total. The quantitative estimate of drug-likeness (QED) is 0.789. The SMILES string of the molecule is N#Cc1ccccc1C12C=CC=C1c1cnccc1O2. The Morgan fingerprint density at radius 2 is 2.10 bits per heavy atom. The second kappa shape index (κ2) is 3.82. The van der Waals surface area contributed by atoms with Crippen LogP contribution in [0, 0.1) is 11.3 Å². The number of pyridine rings is 1. The first-order valence-electron chi connectivity index (χ1n) is 6.38. The van der Waals surface area contributed by atoms with Crippen molar-refractivity contribution in [2.75, 3.05) is 0 Å². The van der Waals surface area contributed by atoms with Crippen LogP contribution in [0.5, 0.6) is 5.75 Å². The average Bonchev–Trinajstić information content (AvgIpc) is 3.04. The standard InChI is InChI=1S/C17H10N2O/c18-10-12-4-1-2-5-14(12)17-8-3-6-15(17)13-11-19-9-7-16(13)20-17/h1-9,11H. The van der Waals surface area contributed by atoms with E-state index in [1.807, 2.05) is 54.8 Å². The summed E-state index contributed by atoms with van der Waals surface area (Å²) in [5.74, 6) is 0.809. The summed E-state index contributed by atoms with van der Waals surface area (Å²) in [6.45, 7) is 0. The summed E-state index contributed by atoms with van der Waals surface area (Å²) in [5, 5.41) is 9.35. The first-order valence-corrected chi connectivity index (χ1v) is 6.38. The number of nitrogens with zero attached hydrogens (tertiary/aromatic N) is 2. The highest BCUT2D eigenvalue weighted by Gasteiger charge is 2.46. The molecule has 0 spiro atoms. The van der Waals surface area contributed by atoms with Gasteiger partial charge in [0.1, 0.15) is 5.75 Å². The van der Waals surface area contributed by atoms with Crippen molar-refractivity contribution in [2.24, 2.45) is 0 Å². The monoisotopic (exact) mass is 258 g/mol. The fraction of sp³-hybridized carbons (Fsp3) is 0.0588. The van der Waals surface area contributed by atoms with Gasteiger partial charge in [-0.1, -0.05) is 30.4 Å². The van der Waals surface area contributed by atoms with Gasteiger partial charge < -0.3 is 4.74 Å². The van der Waals surface area contributed by atoms with E-state index < -0.39 is 5.60 Å². The average molecular weight is 258 g/mol. The van der Waals surface area contributed by atoms with Crippen molar-refractivity contribution in [3.8, 4) is 11.8 Å². The van der Waals surface area contributed by atoms with Crippen LogP contribution in [-0.2, 0) is 5.60 Å². The van der Waals surface area contributed by atoms with E-state index in [1.165, 1.54) is 0 Å². The summed E-state index contributed by atoms with van der Waals surface area (Å²) in [7, 11) is 0. The molecule has 94 valence electrons. The van der Waals surface area contributed by atoms with Gasteiger partial charge in [0.2, 0.25) is 0 Å². The number of hydrogen-bond donors (Lipinski definition) is 0. The zero-order valence-electron chi connectivity index (χ0n) is 10.6. The maximum atomic E-state index is 9.35. The Morgan fingerprint density at radius 1 is 1.20 bits per heavy atom. The van der Waals surface area contributed by atoms with E-state index in [2.05, 4.69) is 11.1 Å². The van der Waals surface area contributed by atoms with E-state index in [0.29, 0.717) is 5.56 Å². The number of rotatable bonds is 1. The smallest absolute Gasteiger partial charge is 0.180 e. The summed E-state index contributed by atoms with van der Waals surface area (Å²) in [6.07, 6.45) is 9.53. The number of hydrogen-bond acceptors (Lipinski definition) is 3. The van der Waals surface area contributed by atoms with Crippen molar-refractivity contribution < 1.29 is 4.74 Å². The number of nitriles is 1. The maximum Gasteiger partial charge on any atom is 0.180 e. The molecule has 0 fully saturated rings. The van der Waals surface area contributed by atoms with Crippen molar-refractivity contribution >= 4 is 5.57 Å². The Hall–Kier alpha value is -2.86. The van der Waals surface area contributed by atoms with Crippen molar-refractivity contribution in [1.82, 2.24) is 4.98 Å². The Bertz CT molecular complexity index is 814. The van der Waals surface area contributed by atoms with Gasteiger partial charge >= 0.3 is 0 Å². The fourth-order valence-corrected chi connectivity index (χ4v) is 2.91. The summed E-state index contributed by atoms with van der Waals surface area (Å²) in [4.78, 5) is 4.17. The molecule has 20 heavy (non-hydrogen) atoms. The first kappa shape index (κ1) is 11.0. The molecule has 0 radical (unpaired) electrons. The lowest BCUT2D eigenvalue weighted by atomic mass is 9.85. The predicted octanol–water partition coefficient (Wildman–Crippen LogP) is 3.19. The second-order valence-corrected chi connectivity index (χ2v) is 4.81. The molecule has 3 heteroatoms. The van der Waals surface area contributed by atoms with Crippen LogP contribution in [0.2, 0.25) is 0 Å². The van der Waals surface area contributed by atoms with Crippen molar-refractivity contribution in [3.63, 3.8) is 0 Å². The topological polar surface area (TPSA) is 45.9 Å². The van der Waals surface area contributed by atoms with Crippen LogP contribution in [0.25, 0.3) is 5.57 Å². The van der Waals surface area contributed by atoms with Gasteiger partial charge in [-0.2, -0.15) is 5.26 Å². The molecule has 1 unspecified atom stereocenters. The maximum absolute atomic E-state index is 9.35. The first-order chi connectivity index (χ1) is 9.85. The molecular formula is C17H10N2O. The van der Waals surface area contributed by atoms with Crippen molar-refractivity contribution in [1.29, 1.82) is 5.26 Å². The van der Waals surface area contributed by atoms with Crippen LogP contribution in [0.3, 0.4) is 0 Å². The van der Waals surface area contributed by atoms with Gasteiger partial charge in [0.05, 0.1) is 11.6 Å². The molecule has 1 aromatic heterocycles. The number of ether oxygens (including phenoxy) is 1. The van der Waals surface area contributed by atoms with Crippen LogP contribution in [0.1, 0.15) is 16.7 Å². The minimum atomic E-state index is -0.683. The van der Waals surface area contributed by atoms with Gasteiger partial charge in [-0.25, -0.2) is 0 Å². The number of benzene rings is 1. The van der Waals surface area contributed by atoms with Crippen LogP contribution in [0.4, 0.5) is 0 Å². The lowest BCUT2D eigenvalue weighted by molar-refractivity contribution is 0.203. The molecule has 1 aromatic carbocycles. The third kappa shape index (κ3) is 1.25. The largest absolute Gasteiger partial charge is 0.473 e. The lowest BCUT2D eigenvalue weighted by Gasteiger charge is -2.26. The molecule has 1 aliphatic heterocycles. The Balaban J connectivity index is 1.98. The van der Waals surface area contributed by atoms with Gasteiger partial charge in [0, 0.05) is 29.1 Å². The van der Waals surface area contributed by atoms with Gasteiger partial charge in [-0.05, 0) is 18.2 Å². The molecule has 0 saturated heterocycles. The van der Waals surface area contributed by atoms with Gasteiger partial charge in [0.15, 0.2) is 5.60 Å². The third-order valence-corrected chi connectivity index (χ3v) is 3.78. The molecule has 1 aliphatic carbocycles. The molecule has 1 atom stereocenters. The van der Waals surface area contributed by atoms with Crippen LogP contribution in [0.15, 0.2) is 61.0 Å². The van der Waals surface area contributed by atoms with Gasteiger partial charge in [-0.3, -0.25) is 4.98 Å². The molecule has 2 aromatic rings. The van der Waals surface area contributed by atoms with Gasteiger partial charge in [0.25, 0.3) is 0 Å². The van der Waals surface area contributed by atoms with E-state index in [4.69, 9.17) is 4.74 Å². The molecule has 4 rings (SSSR count). The summed E-state index contributed by atoms with van der Waals surface area (Å²) in [6, 6.07) is 11.7. The molecule has 3 nitrogen and oxygen atoms in total. The molecule has 0 bridgehead atoms. The Labute approximate surface area is 116 Å². The van der Waals surface area contributed by atoms with Gasteiger partial charge in [-0.15, -0.1) is 0 Å². The normalized spacial score (nSPS) is 21.6. The molecule has 0 amide bonds. The Morgan fingerprint density at radius 3 is 3.00 bits per heavy atom. The van der Waals surface area contributed by atoms with E-state index >= 15 is 0 Å². The highest BCUT2D eigenvalue weighted by molar-refractivity contribution is 5.87. The molecule has 2 heterocycles. The highest BCUT2D eigenvalue weighted by Crippen LogP contribution is 2.53. The van der Waals surface area contributed by atoms with Crippen LogP contribution in [-0.4, -0.2) is 4.98 Å². The summed E-state index contributed by atoms with van der Waals surface area (Å²) in [5.41, 5.74) is 2.86. The zero-order valence-corrected chi connectivity index (χ0v) is 10.6. The van der Waals surface area contributed by atoms with Crippen LogP contribution >= 0.6 is 0 Å². The highest BCUT2D eigenvalue weighted by atomic mass is 16.5. The zero-order chi connectivity index (χ0) is 13.6. The number of fused-ring (bicyclic) bond motifs is 3. The van der Waals surface area contributed by atoms with E-state index in [9.17, 15) is 5.26 Å². The summed E-state index contributed by atoms with van der Waals surface area (Å²) >= 11 is 0. The number of aromatic nitrogens is 1. The van der Waals surface area contributed by atoms with E-state index in [0.717, 1.165) is 22.4 Å². The fourth-order valence-electron chi connectivity index (χ4n) is 2.91. The summed E-state index contributed by atoms with van der Waals surface area (Å²) < 4.78 is 6.20. The van der Waals surface area contributed by atoms with E-state index in [-0.39, 0.29) is 0 Å². The Kier molecular flexibility index (Phi) is 2.10. The lowest BCUT2D eigenvalue weighted by Crippen LogP contribution is -2.27. The van der Waals surface area contributed by atoms with E-state index in [1.54, 1.807) is 6.20 Å². The van der Waals surface area contributed by atoms with Crippen LogP contribution < -0.4 is 4.74 Å². The van der Waals surface area contributed by atoms with Crippen molar-refractivity contribution in [2.45, 2.75) is 5.60 Å². The minimum absolute atomic E-state index is 0.630. The molecule has 0 saturated carbocycles. The van der Waals surface area contributed by atoms with Crippen molar-refractivity contribution in [3.05, 3.63) is 77.6 Å².